The second-order valence-corrected chi connectivity index (χ2v) is 5.34. The lowest BCUT2D eigenvalue weighted by atomic mass is 10.1. The smallest absolute Gasteiger partial charge is 0.269 e. The predicted molar refractivity (Wildman–Crippen MR) is 85.3 cm³/mol. The molecule has 2 aromatic carbocycles. The Morgan fingerprint density at radius 3 is 2.74 bits per heavy atom. The zero-order chi connectivity index (χ0) is 16.2. The van der Waals surface area contributed by atoms with E-state index in [2.05, 4.69) is 0 Å². The normalized spacial score (nSPS) is 13.0. The lowest BCUT2D eigenvalue weighted by Crippen LogP contribution is -2.32. The fourth-order valence-electron chi connectivity index (χ4n) is 2.67. The molecule has 1 amide bonds. The van der Waals surface area contributed by atoms with Gasteiger partial charge in [-0.1, -0.05) is 30.3 Å². The maximum absolute atomic E-state index is 12.3. The van der Waals surface area contributed by atoms with Gasteiger partial charge in [0.1, 0.15) is 6.61 Å². The first-order valence-electron chi connectivity index (χ1n) is 7.34. The van der Waals surface area contributed by atoms with Crippen molar-refractivity contribution in [3.63, 3.8) is 0 Å². The van der Waals surface area contributed by atoms with E-state index >= 15 is 0 Å². The van der Waals surface area contributed by atoms with E-state index in [1.807, 2.05) is 30.3 Å². The Labute approximate surface area is 133 Å². The van der Waals surface area contributed by atoms with Crippen LogP contribution in [0, 0.1) is 10.1 Å². The minimum Gasteiger partial charge on any atom is -0.367 e. The molecular formula is C17H16N2O4. The molecule has 0 radical (unpaired) electrons. The first-order valence-corrected chi connectivity index (χ1v) is 7.34. The van der Waals surface area contributed by atoms with Crippen molar-refractivity contribution in [3.8, 4) is 0 Å². The quantitative estimate of drug-likeness (QED) is 0.628. The van der Waals surface area contributed by atoms with Crippen LogP contribution in [0.3, 0.4) is 0 Å². The van der Waals surface area contributed by atoms with Gasteiger partial charge >= 0.3 is 0 Å². The fourth-order valence-corrected chi connectivity index (χ4v) is 2.67. The summed E-state index contributed by atoms with van der Waals surface area (Å²) >= 11 is 0. The van der Waals surface area contributed by atoms with Crippen LogP contribution < -0.4 is 4.90 Å². The Morgan fingerprint density at radius 2 is 2.00 bits per heavy atom. The number of anilines is 1. The number of nitro benzene ring substituents is 1. The Bertz CT molecular complexity index is 731. The maximum atomic E-state index is 12.3. The molecule has 0 atom stereocenters. The molecule has 0 saturated carbocycles. The number of hydrogen-bond acceptors (Lipinski definition) is 4. The number of rotatable bonds is 5. The van der Waals surface area contributed by atoms with E-state index in [9.17, 15) is 14.9 Å². The van der Waals surface area contributed by atoms with Gasteiger partial charge in [-0.15, -0.1) is 0 Å². The number of fused-ring (bicyclic) bond motifs is 1. The van der Waals surface area contributed by atoms with E-state index in [1.165, 1.54) is 12.1 Å². The van der Waals surface area contributed by atoms with Crippen LogP contribution >= 0.6 is 0 Å². The van der Waals surface area contributed by atoms with Gasteiger partial charge in [0.2, 0.25) is 0 Å². The third-order valence-electron chi connectivity index (χ3n) is 3.81. The van der Waals surface area contributed by atoms with Crippen molar-refractivity contribution < 1.29 is 14.5 Å². The second-order valence-electron chi connectivity index (χ2n) is 5.34. The molecule has 2 aromatic rings. The van der Waals surface area contributed by atoms with Gasteiger partial charge in [0.15, 0.2) is 0 Å². The minimum absolute atomic E-state index is 0.00861. The number of hydrogen-bond donors (Lipinski definition) is 0. The average Bonchev–Trinajstić information content (AvgIpc) is 2.99. The summed E-state index contributed by atoms with van der Waals surface area (Å²) in [4.78, 5) is 24.3. The zero-order valence-corrected chi connectivity index (χ0v) is 12.5. The Kier molecular flexibility index (Phi) is 4.34. The van der Waals surface area contributed by atoms with Crippen LogP contribution in [0.1, 0.15) is 11.1 Å². The standard InChI is InChI=1S/C17H16N2O4/c20-17(12-23-11-13-4-2-1-3-5-13)18-9-8-14-10-15(19(21)22)6-7-16(14)18/h1-7,10H,8-9,11-12H2. The van der Waals surface area contributed by atoms with Crippen LogP contribution in [0.4, 0.5) is 11.4 Å². The Morgan fingerprint density at radius 1 is 1.22 bits per heavy atom. The minimum atomic E-state index is -0.423. The number of nitrogens with zero attached hydrogens (tertiary/aromatic N) is 2. The third-order valence-corrected chi connectivity index (χ3v) is 3.81. The summed E-state index contributed by atoms with van der Waals surface area (Å²) in [5.74, 6) is -0.131. The van der Waals surface area contributed by atoms with Gasteiger partial charge in [-0.25, -0.2) is 0 Å². The number of amides is 1. The lowest BCUT2D eigenvalue weighted by molar-refractivity contribution is -0.384. The molecule has 0 aromatic heterocycles. The van der Waals surface area contributed by atoms with Gasteiger partial charge in [0.05, 0.1) is 11.5 Å². The van der Waals surface area contributed by atoms with Gasteiger partial charge in [-0.05, 0) is 23.6 Å². The van der Waals surface area contributed by atoms with Crippen LogP contribution in [-0.4, -0.2) is 24.0 Å². The number of benzene rings is 2. The van der Waals surface area contributed by atoms with Crippen LogP contribution in [0.15, 0.2) is 48.5 Å². The molecule has 3 rings (SSSR count). The van der Waals surface area contributed by atoms with Crippen LogP contribution in [0.25, 0.3) is 0 Å². The highest BCUT2D eigenvalue weighted by Gasteiger charge is 2.26. The molecule has 0 spiro atoms. The van der Waals surface area contributed by atoms with Gasteiger partial charge in [0.25, 0.3) is 11.6 Å². The first kappa shape index (κ1) is 15.2. The Hall–Kier alpha value is -2.73. The van der Waals surface area contributed by atoms with Crippen LogP contribution in [-0.2, 0) is 22.6 Å². The summed E-state index contributed by atoms with van der Waals surface area (Å²) in [5.41, 5.74) is 2.63. The van der Waals surface area contributed by atoms with Crippen molar-refractivity contribution >= 4 is 17.3 Å². The van der Waals surface area contributed by atoms with Crippen molar-refractivity contribution in [3.05, 3.63) is 69.8 Å². The highest BCUT2D eigenvalue weighted by molar-refractivity contribution is 5.96. The highest BCUT2D eigenvalue weighted by atomic mass is 16.6. The molecule has 0 saturated heterocycles. The van der Waals surface area contributed by atoms with Crippen molar-refractivity contribution in [2.45, 2.75) is 13.0 Å². The Balaban J connectivity index is 1.61. The molecule has 6 nitrogen and oxygen atoms in total. The van der Waals surface area contributed by atoms with Crippen molar-refractivity contribution in [1.82, 2.24) is 0 Å². The fraction of sp³-hybridized carbons (Fsp3) is 0.235. The monoisotopic (exact) mass is 312 g/mol. The molecule has 1 heterocycles. The zero-order valence-electron chi connectivity index (χ0n) is 12.5. The van der Waals surface area contributed by atoms with Gasteiger partial charge in [0, 0.05) is 24.4 Å². The molecule has 23 heavy (non-hydrogen) atoms. The summed E-state index contributed by atoms with van der Waals surface area (Å²) in [7, 11) is 0. The number of nitro groups is 1. The summed E-state index contributed by atoms with van der Waals surface area (Å²) in [6.45, 7) is 0.906. The van der Waals surface area contributed by atoms with Crippen LogP contribution in [0.2, 0.25) is 0 Å². The molecule has 1 aliphatic rings. The number of carbonyl (C=O) groups excluding carboxylic acids is 1. The largest absolute Gasteiger partial charge is 0.367 e. The molecule has 118 valence electrons. The van der Waals surface area contributed by atoms with Gasteiger partial charge < -0.3 is 9.64 Å². The molecule has 6 heteroatoms. The van der Waals surface area contributed by atoms with Gasteiger partial charge in [-0.3, -0.25) is 14.9 Å². The van der Waals surface area contributed by atoms with E-state index in [0.717, 1.165) is 16.8 Å². The summed E-state index contributed by atoms with van der Waals surface area (Å²) in [6.07, 6.45) is 0.626. The number of carbonyl (C=O) groups is 1. The van der Waals surface area contributed by atoms with Crippen LogP contribution in [0.5, 0.6) is 0 Å². The third kappa shape index (κ3) is 3.37. The summed E-state index contributed by atoms with van der Waals surface area (Å²) in [6, 6.07) is 14.2. The van der Waals surface area contributed by atoms with E-state index in [0.29, 0.717) is 19.6 Å². The number of non-ortho nitro benzene ring substituents is 1. The average molecular weight is 312 g/mol. The van der Waals surface area contributed by atoms with E-state index in [4.69, 9.17) is 4.74 Å². The summed E-state index contributed by atoms with van der Waals surface area (Å²) in [5, 5.41) is 10.8. The molecule has 0 fully saturated rings. The summed E-state index contributed by atoms with van der Waals surface area (Å²) < 4.78 is 5.47. The second kappa shape index (κ2) is 6.58. The van der Waals surface area contributed by atoms with Gasteiger partial charge in [-0.2, -0.15) is 0 Å². The molecule has 1 aliphatic heterocycles. The van der Waals surface area contributed by atoms with Crippen molar-refractivity contribution in [2.24, 2.45) is 0 Å². The molecule has 0 unspecified atom stereocenters. The topological polar surface area (TPSA) is 72.7 Å². The van der Waals surface area contributed by atoms with Crippen molar-refractivity contribution in [1.29, 1.82) is 0 Å². The lowest BCUT2D eigenvalue weighted by Gasteiger charge is -2.17. The maximum Gasteiger partial charge on any atom is 0.269 e. The van der Waals surface area contributed by atoms with E-state index < -0.39 is 4.92 Å². The highest BCUT2D eigenvalue weighted by Crippen LogP contribution is 2.31. The van der Waals surface area contributed by atoms with E-state index in [1.54, 1.807) is 11.0 Å². The molecule has 0 aliphatic carbocycles. The SMILES string of the molecule is O=C(COCc1ccccc1)N1CCc2cc([N+](=O)[O-])ccc21. The molecule has 0 bridgehead atoms. The van der Waals surface area contributed by atoms with E-state index in [-0.39, 0.29) is 18.2 Å². The molecule has 0 N–H and O–H groups in total. The molecular weight excluding hydrogens is 296 g/mol. The van der Waals surface area contributed by atoms with Crippen molar-refractivity contribution in [2.75, 3.05) is 18.1 Å². The first-order chi connectivity index (χ1) is 11.1. The predicted octanol–water partition coefficient (Wildman–Crippen LogP) is 2.70. The number of ether oxygens (including phenoxy) is 1.